The fourth-order valence-electron chi connectivity index (χ4n) is 7.80. The molecule has 0 spiro atoms. The number of rotatable bonds is 24. The van der Waals surface area contributed by atoms with Gasteiger partial charge in [0.05, 0.1) is 52.9 Å². The maximum absolute atomic E-state index is 7.59. The first-order valence-corrected chi connectivity index (χ1v) is 30.1. The van der Waals surface area contributed by atoms with Crippen molar-refractivity contribution in [2.24, 2.45) is 0 Å². The summed E-state index contributed by atoms with van der Waals surface area (Å²) in [5, 5.41) is 0. The maximum atomic E-state index is 7.59. The summed E-state index contributed by atoms with van der Waals surface area (Å²) in [4.78, 5) is 10.1. The van der Waals surface area contributed by atoms with Crippen LogP contribution in [-0.4, -0.2) is 199 Å². The second-order valence-corrected chi connectivity index (χ2v) is 29.8. The second kappa shape index (κ2) is 22.8. The van der Waals surface area contributed by atoms with Crippen LogP contribution in [0.1, 0.15) is 25.7 Å². The molecule has 4 saturated heterocycles. The standard InChI is InChI=1S/C34H74N4O9Si4/c1-39-48(3,31-7-11-35-15-23-41-24-16-35)45-50(5,33-9-13-37-19-27-43-28-20-37)47-51(6,34-10-14-38-21-29-44-30-22-38)46-49(4,40-2)32-8-12-36-17-25-42-26-18-36/h7-34H2,1-6H3. The molecule has 4 fully saturated rings. The molecule has 0 aromatic carbocycles. The van der Waals surface area contributed by atoms with Crippen LogP contribution in [0.15, 0.2) is 0 Å². The fourth-order valence-corrected chi connectivity index (χ4v) is 26.6. The Hall–Kier alpha value is 0.348. The summed E-state index contributed by atoms with van der Waals surface area (Å²) < 4.78 is 57.5. The van der Waals surface area contributed by atoms with Crippen LogP contribution in [-0.2, 0) is 40.1 Å². The Labute approximate surface area is 314 Å². The molecule has 0 radical (unpaired) electrons. The van der Waals surface area contributed by atoms with Gasteiger partial charge < -0.3 is 40.1 Å². The van der Waals surface area contributed by atoms with E-state index in [1.54, 1.807) is 0 Å². The van der Waals surface area contributed by atoms with Gasteiger partial charge in [-0.15, -0.1) is 0 Å². The molecule has 0 aromatic heterocycles. The molecule has 4 unspecified atom stereocenters. The van der Waals surface area contributed by atoms with Crippen LogP contribution in [0.2, 0.25) is 50.4 Å². The van der Waals surface area contributed by atoms with Crippen LogP contribution in [0.25, 0.3) is 0 Å². The van der Waals surface area contributed by atoms with Gasteiger partial charge in [0, 0.05) is 66.6 Å². The Bertz CT molecular complexity index is 880. The Balaban J connectivity index is 1.48. The van der Waals surface area contributed by atoms with Crippen LogP contribution in [0.5, 0.6) is 0 Å². The molecule has 51 heavy (non-hydrogen) atoms. The smallest absolute Gasteiger partial charge is 0.325 e. The van der Waals surface area contributed by atoms with Gasteiger partial charge in [0.1, 0.15) is 0 Å². The SMILES string of the molecule is CO[Si](C)(CCCN1CCOCC1)O[Si](C)(CCCN1CCOCC1)O[Si](C)(CCCN1CCOCC1)O[Si](C)(CCCN1CCOCC1)OC. The third-order valence-electron chi connectivity index (χ3n) is 11.0. The normalized spacial score (nSPS) is 25.5. The highest BCUT2D eigenvalue weighted by atomic mass is 28.5. The summed E-state index contributed by atoms with van der Waals surface area (Å²) in [6.07, 6.45) is 4.16. The molecule has 300 valence electrons. The zero-order valence-corrected chi connectivity index (χ0v) is 37.3. The van der Waals surface area contributed by atoms with Crippen molar-refractivity contribution in [3.8, 4) is 0 Å². The first-order chi connectivity index (χ1) is 24.6. The number of hydrogen-bond acceptors (Lipinski definition) is 13. The van der Waals surface area contributed by atoms with Crippen molar-refractivity contribution in [1.82, 2.24) is 19.6 Å². The molecule has 0 aromatic rings. The molecule has 0 N–H and O–H groups in total. The monoisotopic (exact) mass is 794 g/mol. The minimum atomic E-state index is -2.78. The number of ether oxygens (including phenoxy) is 4. The lowest BCUT2D eigenvalue weighted by Crippen LogP contribution is -2.61. The minimum Gasteiger partial charge on any atom is -0.416 e. The first-order valence-electron chi connectivity index (χ1n) is 20.0. The van der Waals surface area contributed by atoms with E-state index in [-0.39, 0.29) is 0 Å². The van der Waals surface area contributed by atoms with Crippen LogP contribution in [0, 0.1) is 0 Å². The summed E-state index contributed by atoms with van der Waals surface area (Å²) in [6.45, 7) is 27.8. The highest BCUT2D eigenvalue weighted by Gasteiger charge is 2.50. The molecule has 0 bridgehead atoms. The van der Waals surface area contributed by atoms with E-state index >= 15 is 0 Å². The van der Waals surface area contributed by atoms with Crippen molar-refractivity contribution in [3.05, 3.63) is 0 Å². The van der Waals surface area contributed by atoms with Crippen LogP contribution in [0.3, 0.4) is 0 Å². The molecule has 4 aliphatic rings. The molecule has 4 heterocycles. The van der Waals surface area contributed by atoms with Crippen LogP contribution < -0.4 is 0 Å². The van der Waals surface area contributed by atoms with Gasteiger partial charge in [0.25, 0.3) is 0 Å². The van der Waals surface area contributed by atoms with E-state index in [9.17, 15) is 0 Å². The van der Waals surface area contributed by atoms with E-state index in [1.807, 2.05) is 14.2 Å². The van der Waals surface area contributed by atoms with Gasteiger partial charge in [-0.05, 0) is 102 Å². The van der Waals surface area contributed by atoms with Crippen molar-refractivity contribution in [1.29, 1.82) is 0 Å². The van der Waals surface area contributed by atoms with Gasteiger partial charge in [-0.2, -0.15) is 0 Å². The molecular formula is C34H74N4O9Si4. The average Bonchev–Trinajstić information content (AvgIpc) is 3.13. The largest absolute Gasteiger partial charge is 0.416 e. The van der Waals surface area contributed by atoms with Crippen LogP contribution >= 0.6 is 0 Å². The lowest BCUT2D eigenvalue weighted by molar-refractivity contribution is 0.0376. The molecular weight excluding hydrogens is 721 g/mol. The predicted octanol–water partition coefficient (Wildman–Crippen LogP) is 3.51. The first kappa shape index (κ1) is 44.1. The highest BCUT2D eigenvalue weighted by Crippen LogP contribution is 2.34. The number of morpholine rings is 4. The zero-order valence-electron chi connectivity index (χ0n) is 33.3. The summed E-state index contributed by atoms with van der Waals surface area (Å²) >= 11 is 0. The van der Waals surface area contributed by atoms with Crippen molar-refractivity contribution in [2.75, 3.05) is 146 Å². The minimum absolute atomic E-state index is 0.813. The summed E-state index contributed by atoms with van der Waals surface area (Å²) in [6, 6.07) is 3.71. The fraction of sp³-hybridized carbons (Fsp3) is 1.00. The van der Waals surface area contributed by atoms with Gasteiger partial charge in [-0.25, -0.2) is 0 Å². The average molecular weight is 795 g/mol. The van der Waals surface area contributed by atoms with Crippen LogP contribution in [0.4, 0.5) is 0 Å². The maximum Gasteiger partial charge on any atom is 0.325 e. The van der Waals surface area contributed by atoms with Crippen molar-refractivity contribution < 1.29 is 40.1 Å². The van der Waals surface area contributed by atoms with E-state index in [1.165, 1.54) is 0 Å². The van der Waals surface area contributed by atoms with E-state index < -0.39 is 34.2 Å². The number of hydrogen-bond donors (Lipinski definition) is 0. The van der Waals surface area contributed by atoms with E-state index in [0.29, 0.717) is 0 Å². The molecule has 4 rings (SSSR count). The van der Waals surface area contributed by atoms with E-state index in [4.69, 9.17) is 40.1 Å². The molecule has 4 aliphatic heterocycles. The Morgan fingerprint density at radius 3 is 0.824 bits per heavy atom. The van der Waals surface area contributed by atoms with Crippen molar-refractivity contribution in [2.45, 2.75) is 76.0 Å². The Kier molecular flexibility index (Phi) is 19.7. The Morgan fingerprint density at radius 2 is 0.588 bits per heavy atom. The van der Waals surface area contributed by atoms with Gasteiger partial charge in [-0.3, -0.25) is 19.6 Å². The zero-order chi connectivity index (χ0) is 36.5. The molecule has 0 aliphatic carbocycles. The molecule has 17 heteroatoms. The Morgan fingerprint density at radius 1 is 0.373 bits per heavy atom. The number of nitrogens with zero attached hydrogens (tertiary/aromatic N) is 4. The molecule has 4 atom stereocenters. The predicted molar refractivity (Wildman–Crippen MR) is 210 cm³/mol. The van der Waals surface area contributed by atoms with Crippen molar-refractivity contribution in [3.63, 3.8) is 0 Å². The van der Waals surface area contributed by atoms with Gasteiger partial charge in [0.2, 0.25) is 0 Å². The topological polar surface area (TPSA) is 96.0 Å². The van der Waals surface area contributed by atoms with Crippen molar-refractivity contribution >= 4 is 34.2 Å². The summed E-state index contributed by atoms with van der Waals surface area (Å²) in [5.41, 5.74) is 0. The van der Waals surface area contributed by atoms with Gasteiger partial charge in [-0.1, -0.05) is 0 Å². The highest BCUT2D eigenvalue weighted by molar-refractivity contribution is 6.88. The second-order valence-electron chi connectivity index (χ2n) is 15.5. The van der Waals surface area contributed by atoms with E-state index in [0.717, 1.165) is 181 Å². The molecule has 0 saturated carbocycles. The quantitative estimate of drug-likeness (QED) is 0.134. The lowest BCUT2D eigenvalue weighted by atomic mass is 10.3. The van der Waals surface area contributed by atoms with Gasteiger partial charge >= 0.3 is 34.2 Å². The molecule has 0 amide bonds. The lowest BCUT2D eigenvalue weighted by Gasteiger charge is -2.44. The summed E-state index contributed by atoms with van der Waals surface area (Å²) in [5.74, 6) is 0. The third kappa shape index (κ3) is 16.5. The van der Waals surface area contributed by atoms with Gasteiger partial charge in [0.15, 0.2) is 0 Å². The van der Waals surface area contributed by atoms with E-state index in [2.05, 4.69) is 45.8 Å². The summed E-state index contributed by atoms with van der Waals surface area (Å²) in [7, 11) is -6.95. The molecule has 13 nitrogen and oxygen atoms in total. The third-order valence-corrected chi connectivity index (χ3v) is 28.1.